The second-order valence-corrected chi connectivity index (χ2v) is 4.01. The average Bonchev–Trinajstić information content (AvgIpc) is 2.39. The van der Waals surface area contributed by atoms with Crippen molar-refractivity contribution in [2.24, 2.45) is 5.92 Å². The summed E-state index contributed by atoms with van der Waals surface area (Å²) < 4.78 is 4.93. The van der Waals surface area contributed by atoms with E-state index >= 15 is 0 Å². The highest BCUT2D eigenvalue weighted by Gasteiger charge is 2.21. The minimum atomic E-state index is -1.15. The van der Waals surface area contributed by atoms with Crippen molar-refractivity contribution in [1.82, 2.24) is 0 Å². The molecule has 0 aliphatic rings. The molecular formula is C13H18N2O4. The molecule has 0 fully saturated rings. The van der Waals surface area contributed by atoms with E-state index in [1.807, 2.05) is 6.07 Å². The first-order valence-electron chi connectivity index (χ1n) is 5.91. The summed E-state index contributed by atoms with van der Waals surface area (Å²) in [6, 6.07) is 7.10. The molecule has 1 amide bonds. The van der Waals surface area contributed by atoms with E-state index in [9.17, 15) is 9.59 Å². The third kappa shape index (κ3) is 4.59. The van der Waals surface area contributed by atoms with Crippen LogP contribution in [0.4, 0.5) is 11.4 Å². The Hall–Kier alpha value is -2.08. The van der Waals surface area contributed by atoms with Gasteiger partial charge in [-0.1, -0.05) is 12.1 Å². The van der Waals surface area contributed by atoms with Crippen LogP contribution in [0.3, 0.4) is 0 Å². The fourth-order valence-corrected chi connectivity index (χ4v) is 1.39. The van der Waals surface area contributed by atoms with Gasteiger partial charge in [0, 0.05) is 13.7 Å². The maximum Gasteiger partial charge on any atom is 0.315 e. The van der Waals surface area contributed by atoms with E-state index in [-0.39, 0.29) is 0 Å². The highest BCUT2D eigenvalue weighted by atomic mass is 16.5. The highest BCUT2D eigenvalue weighted by Crippen LogP contribution is 2.21. The molecule has 1 aromatic carbocycles. The van der Waals surface area contributed by atoms with E-state index < -0.39 is 17.8 Å². The molecule has 6 nitrogen and oxygen atoms in total. The maximum absolute atomic E-state index is 11.7. The standard InChI is InChI=1S/C13H18N2O4/c1-9(13(17)18)12(16)15-11-6-4-3-5-10(11)14-7-8-19-2/h3-6,9,14H,7-8H2,1-2H3,(H,15,16)(H,17,18). The Kier molecular flexibility index (Phi) is 5.81. The molecule has 0 saturated carbocycles. The maximum atomic E-state index is 11.7. The van der Waals surface area contributed by atoms with Crippen molar-refractivity contribution in [3.05, 3.63) is 24.3 Å². The number of carboxylic acids is 1. The molecule has 1 rings (SSSR count). The molecule has 3 N–H and O–H groups in total. The summed E-state index contributed by atoms with van der Waals surface area (Å²) in [5.41, 5.74) is 1.28. The molecule has 0 heterocycles. The minimum absolute atomic E-state index is 0.536. The first-order valence-corrected chi connectivity index (χ1v) is 5.91. The molecule has 19 heavy (non-hydrogen) atoms. The van der Waals surface area contributed by atoms with Crippen molar-refractivity contribution in [3.63, 3.8) is 0 Å². The Morgan fingerprint density at radius 3 is 2.53 bits per heavy atom. The Morgan fingerprint density at radius 1 is 1.32 bits per heavy atom. The second kappa shape index (κ2) is 7.38. The van der Waals surface area contributed by atoms with E-state index in [1.165, 1.54) is 6.92 Å². The summed E-state index contributed by atoms with van der Waals surface area (Å²) in [4.78, 5) is 22.4. The monoisotopic (exact) mass is 266 g/mol. The number of carbonyl (C=O) groups excluding carboxylic acids is 1. The smallest absolute Gasteiger partial charge is 0.315 e. The Balaban J connectivity index is 2.72. The number of nitrogens with one attached hydrogen (secondary N) is 2. The number of methoxy groups -OCH3 is 1. The van der Waals surface area contributed by atoms with Gasteiger partial charge in [0.15, 0.2) is 0 Å². The van der Waals surface area contributed by atoms with Gasteiger partial charge < -0.3 is 20.5 Å². The summed E-state index contributed by atoms with van der Waals surface area (Å²) >= 11 is 0. The summed E-state index contributed by atoms with van der Waals surface area (Å²) in [5, 5.41) is 14.5. The zero-order valence-electron chi connectivity index (χ0n) is 11.0. The lowest BCUT2D eigenvalue weighted by molar-refractivity contribution is -0.144. The number of aliphatic carboxylic acids is 1. The van der Waals surface area contributed by atoms with Crippen LogP contribution in [0.25, 0.3) is 0 Å². The molecule has 104 valence electrons. The number of carbonyl (C=O) groups is 2. The topological polar surface area (TPSA) is 87.7 Å². The molecule has 0 aromatic heterocycles. The Labute approximate surface area is 111 Å². The Morgan fingerprint density at radius 2 is 1.95 bits per heavy atom. The van der Waals surface area contributed by atoms with E-state index in [4.69, 9.17) is 9.84 Å². The van der Waals surface area contributed by atoms with Gasteiger partial charge >= 0.3 is 5.97 Å². The normalized spacial score (nSPS) is 11.7. The largest absolute Gasteiger partial charge is 0.481 e. The van der Waals surface area contributed by atoms with Crippen molar-refractivity contribution >= 4 is 23.3 Å². The van der Waals surface area contributed by atoms with Crippen LogP contribution in [-0.2, 0) is 14.3 Å². The van der Waals surface area contributed by atoms with Gasteiger partial charge in [-0.2, -0.15) is 0 Å². The molecule has 6 heteroatoms. The van der Waals surface area contributed by atoms with E-state index in [1.54, 1.807) is 25.3 Å². The van der Waals surface area contributed by atoms with Crippen LogP contribution < -0.4 is 10.6 Å². The van der Waals surface area contributed by atoms with Crippen LogP contribution in [0, 0.1) is 5.92 Å². The fraction of sp³-hybridized carbons (Fsp3) is 0.385. The second-order valence-electron chi connectivity index (χ2n) is 4.01. The number of anilines is 2. The van der Waals surface area contributed by atoms with E-state index in [2.05, 4.69) is 10.6 Å². The van der Waals surface area contributed by atoms with Crippen LogP contribution in [0.1, 0.15) is 6.92 Å². The molecule has 1 aromatic rings. The van der Waals surface area contributed by atoms with Gasteiger partial charge in [-0.3, -0.25) is 9.59 Å². The third-order valence-corrected chi connectivity index (χ3v) is 2.57. The van der Waals surface area contributed by atoms with E-state index in [0.717, 1.165) is 5.69 Å². The predicted octanol–water partition coefficient (Wildman–Crippen LogP) is 1.40. The predicted molar refractivity (Wildman–Crippen MR) is 72.2 cm³/mol. The van der Waals surface area contributed by atoms with Crippen LogP contribution in [0.2, 0.25) is 0 Å². The summed E-state index contributed by atoms with van der Waals surface area (Å²) in [6.45, 7) is 2.48. The van der Waals surface area contributed by atoms with Gasteiger partial charge in [-0.25, -0.2) is 0 Å². The lowest BCUT2D eigenvalue weighted by atomic mass is 10.1. The molecule has 0 aliphatic heterocycles. The number of benzene rings is 1. The Bertz CT molecular complexity index is 448. The molecule has 0 saturated heterocycles. The van der Waals surface area contributed by atoms with Crippen LogP contribution >= 0.6 is 0 Å². The number of rotatable bonds is 7. The summed E-state index contributed by atoms with van der Waals surface area (Å²) in [7, 11) is 1.60. The number of carboxylic acid groups (broad SMARTS) is 1. The van der Waals surface area contributed by atoms with Gasteiger partial charge in [0.05, 0.1) is 18.0 Å². The highest BCUT2D eigenvalue weighted by molar-refractivity contribution is 6.05. The number of amides is 1. The van der Waals surface area contributed by atoms with Crippen LogP contribution in [0.5, 0.6) is 0 Å². The van der Waals surface area contributed by atoms with E-state index in [0.29, 0.717) is 18.8 Å². The number of para-hydroxylation sites is 2. The lowest BCUT2D eigenvalue weighted by Gasteiger charge is -2.14. The van der Waals surface area contributed by atoms with Gasteiger partial charge in [-0.15, -0.1) is 0 Å². The number of ether oxygens (including phenoxy) is 1. The summed E-state index contributed by atoms with van der Waals surface area (Å²) in [6.07, 6.45) is 0. The van der Waals surface area contributed by atoms with Crippen molar-refractivity contribution in [3.8, 4) is 0 Å². The summed E-state index contributed by atoms with van der Waals surface area (Å²) in [5.74, 6) is -2.79. The SMILES string of the molecule is COCCNc1ccccc1NC(=O)C(C)C(=O)O. The zero-order valence-corrected chi connectivity index (χ0v) is 11.0. The molecule has 1 unspecified atom stereocenters. The molecule has 0 aliphatic carbocycles. The van der Waals surface area contributed by atoms with Gasteiger partial charge in [-0.05, 0) is 19.1 Å². The van der Waals surface area contributed by atoms with Crippen LogP contribution in [-0.4, -0.2) is 37.2 Å². The first kappa shape index (κ1) is 15.0. The van der Waals surface area contributed by atoms with Crippen molar-refractivity contribution in [2.45, 2.75) is 6.92 Å². The molecular weight excluding hydrogens is 248 g/mol. The van der Waals surface area contributed by atoms with Gasteiger partial charge in [0.2, 0.25) is 5.91 Å². The van der Waals surface area contributed by atoms with Crippen LogP contribution in [0.15, 0.2) is 24.3 Å². The number of hydrogen-bond acceptors (Lipinski definition) is 4. The van der Waals surface area contributed by atoms with Crippen molar-refractivity contribution in [2.75, 3.05) is 30.9 Å². The molecule has 1 atom stereocenters. The molecule has 0 radical (unpaired) electrons. The zero-order chi connectivity index (χ0) is 14.3. The fourth-order valence-electron chi connectivity index (χ4n) is 1.39. The third-order valence-electron chi connectivity index (χ3n) is 2.57. The van der Waals surface area contributed by atoms with Gasteiger partial charge in [0.25, 0.3) is 0 Å². The minimum Gasteiger partial charge on any atom is -0.481 e. The first-order chi connectivity index (χ1) is 9.06. The van der Waals surface area contributed by atoms with Gasteiger partial charge in [0.1, 0.15) is 5.92 Å². The molecule has 0 bridgehead atoms. The molecule has 0 spiro atoms. The quantitative estimate of drug-likeness (QED) is 0.513. The lowest BCUT2D eigenvalue weighted by Crippen LogP contribution is -2.27. The average molecular weight is 266 g/mol. The van der Waals surface area contributed by atoms with Crippen molar-refractivity contribution in [1.29, 1.82) is 0 Å². The number of hydrogen-bond donors (Lipinski definition) is 3. The van der Waals surface area contributed by atoms with Crippen molar-refractivity contribution < 1.29 is 19.4 Å².